The van der Waals surface area contributed by atoms with E-state index in [1.807, 2.05) is 0 Å². The number of carbonyl (C=O) groups excluding carboxylic acids is 12. The summed E-state index contributed by atoms with van der Waals surface area (Å²) in [7, 11) is -12.9. The van der Waals surface area contributed by atoms with Gasteiger partial charge < -0.3 is 114 Å². The fourth-order valence-corrected chi connectivity index (χ4v) is 47.3. The Kier molecular flexibility index (Phi) is 54.3. The lowest BCUT2D eigenvalue weighted by Gasteiger charge is -2.46. The molecule has 4 amide bonds. The number of hydrogen-bond acceptors (Lipinski definition) is 32. The fraction of sp³-hybridized carbons (Fsp3) is 0.843. The third-order valence-corrected chi connectivity index (χ3v) is 44.3. The molecule has 10 atom stereocenters. The molecule has 4 rings (SSSR count). The average molecular weight is 2150 g/mol. The van der Waals surface area contributed by atoms with E-state index in [9.17, 15) is 57.5 Å². The van der Waals surface area contributed by atoms with Crippen molar-refractivity contribution in [1.82, 2.24) is 21.3 Å². The van der Waals surface area contributed by atoms with Crippen molar-refractivity contribution < 1.29 is 150 Å². The zero-order valence-electron chi connectivity index (χ0n) is 92.6. The Morgan fingerprint density at radius 1 is 0.306 bits per heavy atom. The molecule has 0 spiro atoms. The molecule has 0 aromatic rings. The Morgan fingerprint density at radius 2 is 0.611 bits per heavy atom. The molecule has 4 N–H and O–H groups in total. The second-order valence-corrected chi connectivity index (χ2v) is 74.7. The van der Waals surface area contributed by atoms with Gasteiger partial charge >= 0.3 is 89.2 Å². The van der Waals surface area contributed by atoms with E-state index >= 15 is 0 Å². The van der Waals surface area contributed by atoms with Crippen LogP contribution in [0.25, 0.3) is 0 Å². The summed E-state index contributed by atoms with van der Waals surface area (Å²) in [5.41, 5.74) is -2.26. The maximum absolute atomic E-state index is 14.1. The van der Waals surface area contributed by atoms with Crippen LogP contribution in [0, 0.1) is 55.2 Å². The summed E-state index contributed by atoms with van der Waals surface area (Å²) in [6.07, 6.45) is 9.59. The van der Waals surface area contributed by atoms with Crippen LogP contribution in [0.5, 0.6) is 0 Å². The van der Waals surface area contributed by atoms with Gasteiger partial charge in [-0.25, -0.2) is 28.8 Å². The maximum Gasteiger partial charge on any atom is 0.407 e. The molecule has 830 valence electrons. The van der Waals surface area contributed by atoms with Crippen molar-refractivity contribution in [2.24, 2.45) is 55.2 Å². The van der Waals surface area contributed by atoms with Gasteiger partial charge in [-0.05, 0) is 274 Å². The van der Waals surface area contributed by atoms with Crippen LogP contribution in [0.2, 0.25) is 104 Å². The lowest BCUT2D eigenvalue weighted by atomic mass is 9.60. The molecule has 36 nitrogen and oxygen atoms in total. The van der Waals surface area contributed by atoms with E-state index in [1.165, 1.54) is 0 Å². The molecule has 4 saturated carbocycles. The standard InChI is InChI=1S/C102H186N4O32Si6/c1-29-83(107)123-51-52-128-89(113)57-77-59-95(3,4)73-101(13,61-77)76-104-92(116)131-69-82(68-122-42-34-56-144(28,137-141(21,22)23)138-142(24,25)26)134-90(114)58-78-60-96(5,6)74-102(14,62-78)75-103-91(115)129-50-46-120-44-48-126-86(110)36-32-31-35-85(109)125-47-43-119-45-49-127-87(111)37-39-99(11)66-80(64-98(9,10)71-99)106-94(118)132-70-81(67-121-41-33-55-143(27,135-139(15,16)17)136-140(18,19)20)133-88(112)38-40-100(12)65-79(63-97(7,8)72-100)105-93(117)130-54-53-124-84(108)30-2/h29-30,77-82H,1-2,31-76H2,3-28H3,(H,103,115)(H,104,116)(H,105,117)(H,106,118). The van der Waals surface area contributed by atoms with Gasteiger partial charge in [-0.3, -0.25) is 28.8 Å². The van der Waals surface area contributed by atoms with Crippen LogP contribution < -0.4 is 21.3 Å². The maximum atomic E-state index is 14.1. The summed E-state index contributed by atoms with van der Waals surface area (Å²) < 4.78 is 116. The lowest BCUT2D eigenvalue weighted by Crippen LogP contribution is -2.52. The van der Waals surface area contributed by atoms with Crippen LogP contribution in [0.4, 0.5) is 19.2 Å². The van der Waals surface area contributed by atoms with Gasteiger partial charge in [-0.2, -0.15) is 0 Å². The minimum absolute atomic E-state index is 0.00669. The molecular weight excluding hydrogens is 1960 g/mol. The van der Waals surface area contributed by atoms with Gasteiger partial charge in [0.1, 0.15) is 66.1 Å². The number of unbranched alkanes of at least 4 members (excludes halogenated alkanes) is 1. The van der Waals surface area contributed by atoms with Crippen molar-refractivity contribution in [2.75, 3.05) is 132 Å². The van der Waals surface area contributed by atoms with Crippen molar-refractivity contribution in [3.63, 3.8) is 0 Å². The molecule has 0 radical (unpaired) electrons. The van der Waals surface area contributed by atoms with E-state index in [2.05, 4.69) is 209 Å². The van der Waals surface area contributed by atoms with Crippen LogP contribution >= 0.6 is 0 Å². The van der Waals surface area contributed by atoms with Crippen molar-refractivity contribution >= 4 is 123 Å². The van der Waals surface area contributed by atoms with Crippen LogP contribution in [0.1, 0.15) is 237 Å². The molecular formula is C102H186N4O32Si6. The number of alkyl carbamates (subject to hydrolysis) is 4. The lowest BCUT2D eigenvalue weighted by molar-refractivity contribution is -0.157. The minimum atomic E-state index is -2.56. The van der Waals surface area contributed by atoms with Crippen LogP contribution in [0.15, 0.2) is 25.3 Å². The highest BCUT2D eigenvalue weighted by atomic mass is 28.5. The third-order valence-electron chi connectivity index (χ3n) is 25.0. The Bertz CT molecular complexity index is 4010. The van der Waals surface area contributed by atoms with Gasteiger partial charge in [-0.1, -0.05) is 96.2 Å². The van der Waals surface area contributed by atoms with Crippen LogP contribution in [-0.4, -0.2) is 279 Å². The van der Waals surface area contributed by atoms with E-state index in [-0.39, 0.29) is 214 Å². The van der Waals surface area contributed by atoms with Crippen LogP contribution in [-0.2, 0) is 131 Å². The predicted molar refractivity (Wildman–Crippen MR) is 560 cm³/mol. The van der Waals surface area contributed by atoms with Gasteiger partial charge in [0.05, 0.1) is 39.6 Å². The Balaban J connectivity index is 1.13. The van der Waals surface area contributed by atoms with E-state index in [1.54, 1.807) is 0 Å². The fourth-order valence-electron chi connectivity index (χ4n) is 22.3. The van der Waals surface area contributed by atoms with Gasteiger partial charge in [0, 0.05) is 89.1 Å². The molecule has 0 aromatic heterocycles. The van der Waals surface area contributed by atoms with Crippen molar-refractivity contribution in [3.05, 3.63) is 25.3 Å². The number of amides is 4. The van der Waals surface area contributed by atoms with E-state index in [0.717, 1.165) is 50.7 Å². The zero-order valence-corrected chi connectivity index (χ0v) is 98.6. The van der Waals surface area contributed by atoms with E-state index in [0.29, 0.717) is 102 Å². The number of hydrogen-bond donors (Lipinski definition) is 4. The molecule has 0 aromatic carbocycles. The Labute approximate surface area is 866 Å². The number of carbonyl (C=O) groups is 12. The summed E-state index contributed by atoms with van der Waals surface area (Å²) >= 11 is 0. The number of esters is 8. The highest BCUT2D eigenvalue weighted by Crippen LogP contribution is 2.53. The largest absolute Gasteiger partial charge is 0.463 e. The first-order valence-electron chi connectivity index (χ1n) is 52.0. The predicted octanol–water partition coefficient (Wildman–Crippen LogP) is 18.5. The Hall–Kier alpha value is -6.70. The minimum Gasteiger partial charge on any atom is -0.463 e. The van der Waals surface area contributed by atoms with Crippen molar-refractivity contribution in [1.29, 1.82) is 0 Å². The van der Waals surface area contributed by atoms with Gasteiger partial charge in [0.25, 0.3) is 0 Å². The number of ether oxygens (including phenoxy) is 16. The molecule has 4 aliphatic rings. The molecule has 10 unspecified atom stereocenters. The first kappa shape index (κ1) is 130. The molecule has 4 aliphatic carbocycles. The first-order valence-corrected chi connectivity index (χ1v) is 70.7. The molecule has 144 heavy (non-hydrogen) atoms. The second-order valence-electron chi connectivity index (χ2n) is 49.0. The normalized spacial score (nSPS) is 22.5. The molecule has 0 aliphatic heterocycles. The van der Waals surface area contributed by atoms with Gasteiger partial charge in [0.15, 0.2) is 45.5 Å². The van der Waals surface area contributed by atoms with Gasteiger partial charge in [0.2, 0.25) is 0 Å². The molecule has 0 bridgehead atoms. The smallest absolute Gasteiger partial charge is 0.407 e. The highest BCUT2D eigenvalue weighted by Gasteiger charge is 2.49. The molecule has 0 heterocycles. The monoisotopic (exact) mass is 2150 g/mol. The summed E-state index contributed by atoms with van der Waals surface area (Å²) in [4.78, 5) is 155. The number of rotatable bonds is 67. The second kappa shape index (κ2) is 60.4. The summed E-state index contributed by atoms with van der Waals surface area (Å²) in [5.74, 6) is -4.01. The zero-order chi connectivity index (χ0) is 108. The topological polar surface area (TPSA) is 438 Å². The van der Waals surface area contributed by atoms with Crippen LogP contribution in [0.3, 0.4) is 0 Å². The Morgan fingerprint density at radius 3 is 1.01 bits per heavy atom. The van der Waals surface area contributed by atoms with Crippen molar-refractivity contribution in [3.8, 4) is 0 Å². The summed E-state index contributed by atoms with van der Waals surface area (Å²) in [5, 5.41) is 11.9. The van der Waals surface area contributed by atoms with Crippen molar-refractivity contribution in [2.45, 2.75) is 365 Å². The third kappa shape index (κ3) is 59.6. The average Bonchev–Trinajstić information content (AvgIpc) is 0.806. The highest BCUT2D eigenvalue weighted by molar-refractivity contribution is 6.88. The summed E-state index contributed by atoms with van der Waals surface area (Å²) in [6.45, 7) is 62.7. The van der Waals surface area contributed by atoms with E-state index in [4.69, 9.17) is 92.3 Å². The SMILES string of the molecule is C=CC(=O)OCCOC(=O)CC1CC(C)(C)CC(C)(CNC(=O)OCC(COCCC[Si](C)(O[Si](C)(C)C)O[Si](C)(C)C)OC(=O)CC2CC(C)(C)CC(C)(CNC(=O)OCCOCCOC(=O)CCCCC(=O)OCCOCCOC(=O)CCC3(C)CC(NC(=O)OCC(COCCC[Si](C)(O[Si](C)(C)C)O[Si](C)(C)C)OC(=O)CCC4(C)CC(NC(=O)OCCOC(=O)C=C)CC(C)(C)C4)CC(C)(C)C3)C2)C1. The van der Waals surface area contributed by atoms with E-state index < -0.39 is 146 Å². The number of nitrogens with one attached hydrogen (secondary N) is 4. The quantitative estimate of drug-likeness (QED) is 0.0144. The molecule has 42 heteroatoms. The van der Waals surface area contributed by atoms with Gasteiger partial charge in [-0.15, -0.1) is 0 Å². The summed E-state index contributed by atoms with van der Waals surface area (Å²) in [6, 6.07) is 0.881. The first-order chi connectivity index (χ1) is 66.6. The molecule has 4 fully saturated rings. The molecule has 0 saturated heterocycles.